The van der Waals surface area contributed by atoms with Crippen molar-refractivity contribution in [3.8, 4) is 0 Å². The summed E-state index contributed by atoms with van der Waals surface area (Å²) < 4.78 is 26.4. The number of sulfonamides is 1. The highest BCUT2D eigenvalue weighted by atomic mass is 32.2. The van der Waals surface area contributed by atoms with E-state index in [9.17, 15) is 8.42 Å². The molecule has 2 fully saturated rings. The number of nitrogens with one attached hydrogen (secondary N) is 1. The Morgan fingerprint density at radius 3 is 2.53 bits per heavy atom. The second-order valence-electron chi connectivity index (χ2n) is 5.13. The van der Waals surface area contributed by atoms with Gasteiger partial charge in [0, 0.05) is 25.2 Å². The van der Waals surface area contributed by atoms with E-state index >= 15 is 0 Å². The molecule has 98 valence electrons. The molecule has 0 bridgehead atoms. The van der Waals surface area contributed by atoms with Crippen LogP contribution < -0.4 is 5.32 Å². The summed E-state index contributed by atoms with van der Waals surface area (Å²) in [7, 11) is -3.17. The van der Waals surface area contributed by atoms with Gasteiger partial charge in [0.25, 0.3) is 0 Å². The van der Waals surface area contributed by atoms with E-state index in [1.807, 2.05) is 0 Å². The Morgan fingerprint density at radius 2 is 2.06 bits per heavy atom. The van der Waals surface area contributed by atoms with Crippen LogP contribution in [-0.2, 0) is 10.0 Å². The summed E-state index contributed by atoms with van der Waals surface area (Å²) in [5, 5.41) is 2.94. The highest BCUT2D eigenvalue weighted by molar-refractivity contribution is 7.89. The molecule has 2 saturated carbocycles. The zero-order valence-electron chi connectivity index (χ0n) is 10.4. The third-order valence-electron chi connectivity index (χ3n) is 3.37. The Kier molecular flexibility index (Phi) is 3.90. The van der Waals surface area contributed by atoms with Crippen molar-refractivity contribution in [2.75, 3.05) is 13.1 Å². The van der Waals surface area contributed by atoms with E-state index in [0.717, 1.165) is 12.8 Å². The maximum absolute atomic E-state index is 12.4. The van der Waals surface area contributed by atoms with Crippen LogP contribution in [0.3, 0.4) is 0 Å². The maximum atomic E-state index is 12.4. The minimum atomic E-state index is -3.17. The third-order valence-corrected chi connectivity index (χ3v) is 5.65. The fourth-order valence-electron chi connectivity index (χ4n) is 1.91. The number of rotatable bonds is 8. The molecule has 1 unspecified atom stereocenters. The van der Waals surface area contributed by atoms with Crippen molar-refractivity contribution in [1.29, 1.82) is 0 Å². The van der Waals surface area contributed by atoms with E-state index in [4.69, 9.17) is 0 Å². The molecular weight excluding hydrogens is 236 g/mol. The van der Waals surface area contributed by atoms with Crippen LogP contribution in [0.5, 0.6) is 0 Å². The summed E-state index contributed by atoms with van der Waals surface area (Å²) in [6.45, 7) is 6.45. The lowest BCUT2D eigenvalue weighted by molar-refractivity contribution is 0.425. The second kappa shape index (κ2) is 5.08. The smallest absolute Gasteiger partial charge is 0.218 e. The van der Waals surface area contributed by atoms with Gasteiger partial charge in [-0.3, -0.25) is 0 Å². The molecule has 0 aromatic carbocycles. The van der Waals surface area contributed by atoms with Gasteiger partial charge in [0.05, 0.1) is 5.25 Å². The summed E-state index contributed by atoms with van der Waals surface area (Å²) in [5.74, 6) is 0. The predicted molar refractivity (Wildman–Crippen MR) is 69.3 cm³/mol. The number of nitrogens with zero attached hydrogens (tertiary/aromatic N) is 1. The van der Waals surface area contributed by atoms with E-state index in [1.54, 1.807) is 17.3 Å². The first-order valence-electron chi connectivity index (χ1n) is 6.40. The van der Waals surface area contributed by atoms with Crippen LogP contribution in [-0.4, -0.2) is 43.1 Å². The van der Waals surface area contributed by atoms with E-state index < -0.39 is 10.0 Å². The highest BCUT2D eigenvalue weighted by Crippen LogP contribution is 2.30. The average Bonchev–Trinajstić information content (AvgIpc) is 3.15. The van der Waals surface area contributed by atoms with Crippen LogP contribution in [0.1, 0.15) is 32.6 Å². The van der Waals surface area contributed by atoms with Gasteiger partial charge in [-0.1, -0.05) is 6.08 Å². The molecule has 0 aliphatic heterocycles. The number of hydrogen-bond donors (Lipinski definition) is 1. The van der Waals surface area contributed by atoms with Gasteiger partial charge in [-0.15, -0.1) is 6.58 Å². The average molecular weight is 258 g/mol. The minimum Gasteiger partial charge on any atom is -0.313 e. The SMILES string of the molecule is C=CCN(C1CC1)S(=O)(=O)C(C)CNC1CC1. The van der Waals surface area contributed by atoms with Crippen molar-refractivity contribution in [2.45, 2.75) is 49.9 Å². The Morgan fingerprint density at radius 1 is 1.41 bits per heavy atom. The lowest BCUT2D eigenvalue weighted by Gasteiger charge is -2.24. The van der Waals surface area contributed by atoms with Crippen LogP contribution in [0.2, 0.25) is 0 Å². The van der Waals surface area contributed by atoms with Gasteiger partial charge in [0.15, 0.2) is 0 Å². The molecule has 0 aromatic rings. The first-order chi connectivity index (χ1) is 8.05. The molecule has 0 aromatic heterocycles. The normalized spacial score (nSPS) is 22.7. The molecule has 0 radical (unpaired) electrons. The summed E-state index contributed by atoms with van der Waals surface area (Å²) in [5.41, 5.74) is 0. The Bertz CT molecular complexity index is 372. The van der Waals surface area contributed by atoms with Crippen LogP contribution in [0.15, 0.2) is 12.7 Å². The van der Waals surface area contributed by atoms with Crippen LogP contribution in [0.25, 0.3) is 0 Å². The Labute approximate surface area is 104 Å². The van der Waals surface area contributed by atoms with Crippen LogP contribution in [0.4, 0.5) is 0 Å². The van der Waals surface area contributed by atoms with E-state index in [1.165, 1.54) is 12.8 Å². The molecule has 1 atom stereocenters. The van der Waals surface area contributed by atoms with E-state index in [-0.39, 0.29) is 11.3 Å². The van der Waals surface area contributed by atoms with Crippen molar-refractivity contribution >= 4 is 10.0 Å². The van der Waals surface area contributed by atoms with Crippen LogP contribution in [0, 0.1) is 0 Å². The Balaban J connectivity index is 1.95. The Hall–Kier alpha value is -0.390. The first kappa shape index (κ1) is 13.1. The zero-order valence-corrected chi connectivity index (χ0v) is 11.2. The van der Waals surface area contributed by atoms with Gasteiger partial charge in [0.2, 0.25) is 10.0 Å². The largest absolute Gasteiger partial charge is 0.313 e. The quantitative estimate of drug-likeness (QED) is 0.663. The zero-order chi connectivity index (χ0) is 12.5. The fourth-order valence-corrected chi connectivity index (χ4v) is 3.62. The predicted octanol–water partition coefficient (Wildman–Crippen LogP) is 1.11. The molecule has 4 nitrogen and oxygen atoms in total. The summed E-state index contributed by atoms with van der Waals surface area (Å²) in [4.78, 5) is 0. The van der Waals surface area contributed by atoms with E-state index in [2.05, 4.69) is 11.9 Å². The van der Waals surface area contributed by atoms with Gasteiger partial charge in [0.1, 0.15) is 0 Å². The standard InChI is InChI=1S/C12H22N2O2S/c1-3-8-14(12-6-7-12)17(15,16)10(2)9-13-11-4-5-11/h3,10-13H,1,4-9H2,2H3. The lowest BCUT2D eigenvalue weighted by Crippen LogP contribution is -2.43. The molecule has 0 amide bonds. The van der Waals surface area contributed by atoms with Crippen LogP contribution >= 0.6 is 0 Å². The van der Waals surface area contributed by atoms with Crippen molar-refractivity contribution in [3.05, 3.63) is 12.7 Å². The number of hydrogen-bond acceptors (Lipinski definition) is 3. The third kappa shape index (κ3) is 3.30. The summed E-state index contributed by atoms with van der Waals surface area (Å²) in [6.07, 6.45) is 6.04. The van der Waals surface area contributed by atoms with Gasteiger partial charge in [-0.2, -0.15) is 4.31 Å². The molecule has 17 heavy (non-hydrogen) atoms. The topological polar surface area (TPSA) is 49.4 Å². The summed E-state index contributed by atoms with van der Waals surface area (Å²) >= 11 is 0. The fraction of sp³-hybridized carbons (Fsp3) is 0.833. The van der Waals surface area contributed by atoms with Crippen molar-refractivity contribution in [2.24, 2.45) is 0 Å². The lowest BCUT2D eigenvalue weighted by atomic mass is 10.4. The molecule has 5 heteroatoms. The molecule has 2 aliphatic rings. The molecule has 0 spiro atoms. The first-order valence-corrected chi connectivity index (χ1v) is 7.91. The monoisotopic (exact) mass is 258 g/mol. The molecule has 1 N–H and O–H groups in total. The van der Waals surface area contributed by atoms with E-state index in [0.29, 0.717) is 19.1 Å². The van der Waals surface area contributed by atoms with Crippen molar-refractivity contribution in [1.82, 2.24) is 9.62 Å². The van der Waals surface area contributed by atoms with Gasteiger partial charge >= 0.3 is 0 Å². The molecule has 2 aliphatic carbocycles. The van der Waals surface area contributed by atoms with Gasteiger partial charge in [-0.25, -0.2) is 8.42 Å². The van der Waals surface area contributed by atoms with Crippen molar-refractivity contribution in [3.63, 3.8) is 0 Å². The molecule has 2 rings (SSSR count). The highest BCUT2D eigenvalue weighted by Gasteiger charge is 2.39. The van der Waals surface area contributed by atoms with Gasteiger partial charge < -0.3 is 5.32 Å². The second-order valence-corrected chi connectivity index (χ2v) is 7.43. The maximum Gasteiger partial charge on any atom is 0.218 e. The van der Waals surface area contributed by atoms with Crippen molar-refractivity contribution < 1.29 is 8.42 Å². The molecule has 0 heterocycles. The minimum absolute atomic E-state index is 0.223. The molecular formula is C12H22N2O2S. The van der Waals surface area contributed by atoms with Gasteiger partial charge in [-0.05, 0) is 32.6 Å². The summed E-state index contributed by atoms with van der Waals surface area (Å²) in [6, 6.07) is 0.780. The molecule has 0 saturated heterocycles.